The number of piperazine rings is 1. The van der Waals surface area contributed by atoms with Crippen molar-refractivity contribution in [3.8, 4) is 18.1 Å². The summed E-state index contributed by atoms with van der Waals surface area (Å²) in [6, 6.07) is 11.8. The van der Waals surface area contributed by atoms with Gasteiger partial charge in [-0.1, -0.05) is 23.7 Å². The molecule has 8 heteroatoms. The Balaban J connectivity index is 1.37. The van der Waals surface area contributed by atoms with Gasteiger partial charge in [0, 0.05) is 56.1 Å². The van der Waals surface area contributed by atoms with E-state index in [1.807, 2.05) is 19.1 Å². The fraction of sp³-hybridized carbons (Fsp3) is 0.357. The van der Waals surface area contributed by atoms with E-state index in [1.165, 1.54) is 12.1 Å². The zero-order valence-electron chi connectivity index (χ0n) is 20.5. The van der Waals surface area contributed by atoms with Gasteiger partial charge in [0.25, 0.3) is 0 Å². The highest BCUT2D eigenvalue weighted by Crippen LogP contribution is 2.31. The van der Waals surface area contributed by atoms with E-state index in [-0.39, 0.29) is 12.4 Å². The predicted octanol–water partition coefficient (Wildman–Crippen LogP) is 5.43. The third-order valence-electron chi connectivity index (χ3n) is 6.28. The average molecular weight is 508 g/mol. The number of nitrogens with zero attached hydrogens (tertiary/aromatic N) is 4. The standard InChI is InChI=1S/C28H31ClFN5O/c1-3-4-5-11-34-12-14-35(15-13-34)18-25-21(2)31-20-32-28(25)33-24-9-10-27(26(29)17-24)36-19-22-7-6-8-23(30)16-22/h1,6-10,16-17,20H,4-5,11-15,18-19H2,2H3,(H,31,32,33). The summed E-state index contributed by atoms with van der Waals surface area (Å²) in [5.41, 5.74) is 3.56. The number of halogens is 2. The van der Waals surface area contributed by atoms with Crippen molar-refractivity contribution < 1.29 is 9.13 Å². The van der Waals surface area contributed by atoms with Gasteiger partial charge in [-0.25, -0.2) is 14.4 Å². The Kier molecular flexibility index (Phi) is 9.12. The molecule has 1 N–H and O–H groups in total. The topological polar surface area (TPSA) is 53.5 Å². The highest BCUT2D eigenvalue weighted by atomic mass is 35.5. The lowest BCUT2D eigenvalue weighted by molar-refractivity contribution is 0.126. The molecule has 0 amide bonds. The molecule has 1 saturated heterocycles. The SMILES string of the molecule is C#CCCCN1CCN(Cc2c(C)ncnc2Nc2ccc(OCc3cccc(F)c3)c(Cl)c2)CC1. The maximum Gasteiger partial charge on any atom is 0.138 e. The smallest absolute Gasteiger partial charge is 0.138 e. The second-order valence-corrected chi connectivity index (χ2v) is 9.31. The minimum atomic E-state index is -0.292. The lowest BCUT2D eigenvalue weighted by Gasteiger charge is -2.35. The molecule has 2 aromatic carbocycles. The molecule has 0 atom stereocenters. The van der Waals surface area contributed by atoms with Crippen molar-refractivity contribution in [2.75, 3.05) is 38.0 Å². The van der Waals surface area contributed by atoms with Crippen LogP contribution in [0.4, 0.5) is 15.9 Å². The van der Waals surface area contributed by atoms with Crippen molar-refractivity contribution in [3.63, 3.8) is 0 Å². The molecule has 3 aromatic rings. The van der Waals surface area contributed by atoms with Gasteiger partial charge in [0.2, 0.25) is 0 Å². The van der Waals surface area contributed by atoms with Crippen LogP contribution in [0.5, 0.6) is 5.75 Å². The number of rotatable bonds is 10. The monoisotopic (exact) mass is 507 g/mol. The van der Waals surface area contributed by atoms with Crippen LogP contribution in [0.25, 0.3) is 0 Å². The van der Waals surface area contributed by atoms with E-state index in [9.17, 15) is 4.39 Å². The first-order valence-corrected chi connectivity index (χ1v) is 12.5. The lowest BCUT2D eigenvalue weighted by atomic mass is 10.1. The molecular formula is C28H31ClFN5O. The van der Waals surface area contributed by atoms with Gasteiger partial charge in [-0.3, -0.25) is 4.90 Å². The van der Waals surface area contributed by atoms with Crippen molar-refractivity contribution >= 4 is 23.1 Å². The van der Waals surface area contributed by atoms with Crippen molar-refractivity contribution in [2.45, 2.75) is 32.9 Å². The number of unbranched alkanes of at least 4 members (excludes halogenated alkanes) is 1. The largest absolute Gasteiger partial charge is 0.487 e. The summed E-state index contributed by atoms with van der Waals surface area (Å²) in [5.74, 6) is 3.72. The Labute approximate surface area is 217 Å². The number of ether oxygens (including phenoxy) is 1. The van der Waals surface area contributed by atoms with Crippen molar-refractivity contribution in [1.29, 1.82) is 0 Å². The Morgan fingerprint density at radius 1 is 1.11 bits per heavy atom. The van der Waals surface area contributed by atoms with Gasteiger partial charge in [0.1, 0.15) is 30.3 Å². The molecule has 0 saturated carbocycles. The summed E-state index contributed by atoms with van der Waals surface area (Å²) in [5, 5.41) is 3.86. The highest BCUT2D eigenvalue weighted by Gasteiger charge is 2.19. The van der Waals surface area contributed by atoms with Crippen LogP contribution in [-0.2, 0) is 13.2 Å². The molecule has 2 heterocycles. The number of aryl methyl sites for hydroxylation is 1. The summed E-state index contributed by atoms with van der Waals surface area (Å²) in [6.07, 6.45) is 8.83. The van der Waals surface area contributed by atoms with Crippen LogP contribution >= 0.6 is 11.6 Å². The summed E-state index contributed by atoms with van der Waals surface area (Å²) < 4.78 is 19.2. The van der Waals surface area contributed by atoms with E-state index in [4.69, 9.17) is 22.8 Å². The number of aromatic nitrogens is 2. The Hall–Kier alpha value is -3.18. The minimum Gasteiger partial charge on any atom is -0.487 e. The molecule has 0 aliphatic carbocycles. The maximum absolute atomic E-state index is 13.4. The first kappa shape index (κ1) is 25.9. The van der Waals surface area contributed by atoms with Gasteiger partial charge in [0.15, 0.2) is 0 Å². The second-order valence-electron chi connectivity index (χ2n) is 8.90. The number of nitrogens with one attached hydrogen (secondary N) is 1. The van der Waals surface area contributed by atoms with Gasteiger partial charge in [-0.2, -0.15) is 0 Å². The Morgan fingerprint density at radius 3 is 2.67 bits per heavy atom. The van der Waals surface area contributed by atoms with Crippen LogP contribution in [-0.4, -0.2) is 52.5 Å². The quantitative estimate of drug-likeness (QED) is 0.292. The van der Waals surface area contributed by atoms with Gasteiger partial charge < -0.3 is 15.0 Å². The van der Waals surface area contributed by atoms with Gasteiger partial charge in [-0.05, 0) is 55.8 Å². The van der Waals surface area contributed by atoms with Gasteiger partial charge in [-0.15, -0.1) is 12.3 Å². The third kappa shape index (κ3) is 7.17. The molecule has 0 spiro atoms. The number of hydrogen-bond donors (Lipinski definition) is 1. The highest BCUT2D eigenvalue weighted by molar-refractivity contribution is 6.32. The molecule has 1 fully saturated rings. The zero-order valence-corrected chi connectivity index (χ0v) is 21.3. The molecule has 6 nitrogen and oxygen atoms in total. The zero-order chi connectivity index (χ0) is 25.3. The van der Waals surface area contributed by atoms with E-state index in [1.54, 1.807) is 24.5 Å². The Bertz CT molecular complexity index is 1210. The van der Waals surface area contributed by atoms with Crippen LogP contribution in [0.1, 0.15) is 29.7 Å². The van der Waals surface area contributed by atoms with Gasteiger partial charge >= 0.3 is 0 Å². The lowest BCUT2D eigenvalue weighted by Crippen LogP contribution is -2.46. The van der Waals surface area contributed by atoms with Crippen LogP contribution in [0.15, 0.2) is 48.8 Å². The second kappa shape index (κ2) is 12.7. The average Bonchev–Trinajstić information content (AvgIpc) is 2.87. The minimum absolute atomic E-state index is 0.233. The number of anilines is 2. The molecule has 1 aliphatic rings. The van der Waals surface area contributed by atoms with E-state index in [0.29, 0.717) is 10.8 Å². The summed E-state index contributed by atoms with van der Waals surface area (Å²) in [7, 11) is 0. The number of terminal acetylenes is 1. The van der Waals surface area contributed by atoms with E-state index < -0.39 is 0 Å². The van der Waals surface area contributed by atoms with E-state index in [2.05, 4.69) is 31.0 Å². The van der Waals surface area contributed by atoms with Crippen molar-refractivity contribution in [3.05, 3.63) is 76.5 Å². The molecule has 0 radical (unpaired) electrons. The van der Waals surface area contributed by atoms with Crippen molar-refractivity contribution in [2.24, 2.45) is 0 Å². The first-order chi connectivity index (χ1) is 17.5. The van der Waals surface area contributed by atoms with Crippen LogP contribution in [0, 0.1) is 25.1 Å². The summed E-state index contributed by atoms with van der Waals surface area (Å²) >= 11 is 6.48. The summed E-state index contributed by atoms with van der Waals surface area (Å²) in [6.45, 7) is 8.13. The molecule has 0 unspecified atom stereocenters. The van der Waals surface area contributed by atoms with Crippen LogP contribution in [0.2, 0.25) is 5.02 Å². The normalized spacial score (nSPS) is 14.4. The van der Waals surface area contributed by atoms with Crippen LogP contribution in [0.3, 0.4) is 0 Å². The molecule has 1 aromatic heterocycles. The van der Waals surface area contributed by atoms with Crippen LogP contribution < -0.4 is 10.1 Å². The fourth-order valence-corrected chi connectivity index (χ4v) is 4.45. The third-order valence-corrected chi connectivity index (χ3v) is 6.58. The predicted molar refractivity (Wildman–Crippen MR) is 142 cm³/mol. The van der Waals surface area contributed by atoms with E-state index in [0.717, 1.165) is 80.4 Å². The molecular weight excluding hydrogens is 477 g/mol. The number of hydrogen-bond acceptors (Lipinski definition) is 6. The Morgan fingerprint density at radius 2 is 1.92 bits per heavy atom. The van der Waals surface area contributed by atoms with Gasteiger partial charge in [0.05, 0.1) is 5.02 Å². The summed E-state index contributed by atoms with van der Waals surface area (Å²) in [4.78, 5) is 13.8. The molecule has 36 heavy (non-hydrogen) atoms. The number of benzene rings is 2. The van der Waals surface area contributed by atoms with E-state index >= 15 is 0 Å². The first-order valence-electron chi connectivity index (χ1n) is 12.1. The van der Waals surface area contributed by atoms with Crippen molar-refractivity contribution in [1.82, 2.24) is 19.8 Å². The molecule has 188 valence electrons. The molecule has 1 aliphatic heterocycles. The molecule has 0 bridgehead atoms. The fourth-order valence-electron chi connectivity index (χ4n) is 4.22. The maximum atomic E-state index is 13.4. The molecule has 4 rings (SSSR count).